The Morgan fingerprint density at radius 1 is 1.06 bits per heavy atom. The number of carbonyl (C=O) groups excluding carboxylic acids is 1. The van der Waals surface area contributed by atoms with Gasteiger partial charge >= 0.3 is 0 Å². The van der Waals surface area contributed by atoms with Crippen LogP contribution in [0.1, 0.15) is 36.3 Å². The Bertz CT molecular complexity index is 1130. The lowest BCUT2D eigenvalue weighted by Crippen LogP contribution is -2.32. The summed E-state index contributed by atoms with van der Waals surface area (Å²) in [7, 11) is 0. The molecule has 0 spiro atoms. The van der Waals surface area contributed by atoms with Crippen molar-refractivity contribution in [2.24, 2.45) is 0 Å². The third-order valence-electron chi connectivity index (χ3n) is 5.22. The van der Waals surface area contributed by atoms with E-state index < -0.39 is 0 Å². The zero-order chi connectivity index (χ0) is 21.6. The summed E-state index contributed by atoms with van der Waals surface area (Å²) in [5.74, 6) is 1.62. The molecule has 31 heavy (non-hydrogen) atoms. The predicted octanol–water partition coefficient (Wildman–Crippen LogP) is 4.77. The van der Waals surface area contributed by atoms with Crippen molar-refractivity contribution in [3.63, 3.8) is 0 Å². The molecule has 4 rings (SSSR count). The first-order valence-corrected chi connectivity index (χ1v) is 11.9. The molecule has 1 amide bonds. The first-order valence-electron chi connectivity index (χ1n) is 10.1. The second-order valence-electron chi connectivity index (χ2n) is 7.29. The molecule has 0 aliphatic rings. The summed E-state index contributed by atoms with van der Waals surface area (Å²) in [6, 6.07) is 17.0. The minimum absolute atomic E-state index is 0.0348. The molecule has 3 heterocycles. The number of nitrogens with zero attached hydrogens (tertiary/aromatic N) is 4. The lowest BCUT2D eigenvalue weighted by atomic mass is 10.0. The van der Waals surface area contributed by atoms with Crippen LogP contribution in [0.2, 0.25) is 5.02 Å². The largest absolute Gasteiger partial charge is 0.346 e. The fourth-order valence-corrected chi connectivity index (χ4v) is 4.26. The number of halogens is 1. The summed E-state index contributed by atoms with van der Waals surface area (Å²) in [4.78, 5) is 13.2. The van der Waals surface area contributed by atoms with Gasteiger partial charge in [0.1, 0.15) is 0 Å². The molecule has 0 saturated carbocycles. The number of pyridine rings is 1. The summed E-state index contributed by atoms with van der Waals surface area (Å²) >= 11 is 7.81. The number of nitrogens with one attached hydrogen (secondary N) is 1. The fourth-order valence-electron chi connectivity index (χ4n) is 3.66. The van der Waals surface area contributed by atoms with Crippen LogP contribution < -0.4 is 5.32 Å². The van der Waals surface area contributed by atoms with Gasteiger partial charge in [-0.2, -0.15) is 11.8 Å². The van der Waals surface area contributed by atoms with Gasteiger partial charge < -0.3 is 9.88 Å². The second-order valence-corrected chi connectivity index (χ2v) is 8.71. The van der Waals surface area contributed by atoms with Gasteiger partial charge in [-0.25, -0.2) is 0 Å². The standard InChI is InChI=1S/C23H24ClN5OS/c1-31-15-11-19(23-27-26-21-6-2-3-14-29(21)23)25-22(30)16-20(28-12-4-5-13-28)17-7-9-18(24)10-8-17/h2-10,12-14,19-20H,11,15-16H2,1H3,(H,25,30)/t19-,20?/m1/s1. The van der Waals surface area contributed by atoms with Gasteiger partial charge in [0.05, 0.1) is 18.5 Å². The van der Waals surface area contributed by atoms with Gasteiger partial charge in [-0.3, -0.25) is 9.20 Å². The summed E-state index contributed by atoms with van der Waals surface area (Å²) < 4.78 is 3.99. The van der Waals surface area contributed by atoms with Crippen LogP contribution in [0, 0.1) is 0 Å². The molecule has 1 N–H and O–H groups in total. The van der Waals surface area contributed by atoms with Gasteiger partial charge in [0.15, 0.2) is 11.5 Å². The lowest BCUT2D eigenvalue weighted by molar-refractivity contribution is -0.122. The van der Waals surface area contributed by atoms with Crippen LogP contribution >= 0.6 is 23.4 Å². The average molecular weight is 454 g/mol. The number of fused-ring (bicyclic) bond motifs is 1. The Morgan fingerprint density at radius 2 is 1.81 bits per heavy atom. The molecule has 1 aromatic carbocycles. The summed E-state index contributed by atoms with van der Waals surface area (Å²) in [5.41, 5.74) is 1.80. The van der Waals surface area contributed by atoms with E-state index in [-0.39, 0.29) is 18.0 Å². The SMILES string of the molecule is CSCC[C@@H](NC(=O)CC(c1ccc(Cl)cc1)n1cccc1)c1nnc2ccccn12. The van der Waals surface area contributed by atoms with E-state index in [0.717, 1.165) is 29.2 Å². The van der Waals surface area contributed by atoms with E-state index in [4.69, 9.17) is 11.6 Å². The maximum Gasteiger partial charge on any atom is 0.223 e. The number of aromatic nitrogens is 4. The van der Waals surface area contributed by atoms with Crippen molar-refractivity contribution in [3.8, 4) is 0 Å². The highest BCUT2D eigenvalue weighted by molar-refractivity contribution is 7.98. The van der Waals surface area contributed by atoms with Crippen molar-refractivity contribution >= 4 is 34.9 Å². The summed E-state index contributed by atoms with van der Waals surface area (Å²) in [5, 5.41) is 12.5. The van der Waals surface area contributed by atoms with Crippen LogP contribution in [0.25, 0.3) is 5.65 Å². The molecule has 0 fully saturated rings. The number of carbonyl (C=O) groups is 1. The van der Waals surface area contributed by atoms with Gasteiger partial charge in [-0.15, -0.1) is 10.2 Å². The second kappa shape index (κ2) is 10.0. The Balaban J connectivity index is 1.56. The molecule has 0 radical (unpaired) electrons. The van der Waals surface area contributed by atoms with Crippen molar-refractivity contribution in [1.29, 1.82) is 0 Å². The first-order chi connectivity index (χ1) is 15.2. The maximum atomic E-state index is 13.2. The zero-order valence-corrected chi connectivity index (χ0v) is 18.8. The van der Waals surface area contributed by atoms with E-state index in [1.807, 2.05) is 82.2 Å². The Labute approximate surface area is 190 Å². The normalized spacial score (nSPS) is 13.2. The van der Waals surface area contributed by atoms with Gasteiger partial charge in [0.25, 0.3) is 0 Å². The third-order valence-corrected chi connectivity index (χ3v) is 6.11. The topological polar surface area (TPSA) is 64.2 Å². The molecular weight excluding hydrogens is 430 g/mol. The fraction of sp³-hybridized carbons (Fsp3) is 0.261. The van der Waals surface area contributed by atoms with Crippen LogP contribution in [0.15, 0.2) is 73.2 Å². The summed E-state index contributed by atoms with van der Waals surface area (Å²) in [6.45, 7) is 0. The van der Waals surface area contributed by atoms with Gasteiger partial charge in [-0.05, 0) is 60.4 Å². The van der Waals surface area contributed by atoms with Crippen LogP contribution in [0.3, 0.4) is 0 Å². The van der Waals surface area contributed by atoms with E-state index in [9.17, 15) is 4.79 Å². The number of thioether (sulfide) groups is 1. The van der Waals surface area contributed by atoms with Crippen LogP contribution in [-0.4, -0.2) is 37.1 Å². The first kappa shape index (κ1) is 21.5. The van der Waals surface area contributed by atoms with Crippen LogP contribution in [0.5, 0.6) is 0 Å². The number of rotatable bonds is 9. The highest BCUT2D eigenvalue weighted by Crippen LogP contribution is 2.25. The Morgan fingerprint density at radius 3 is 2.55 bits per heavy atom. The highest BCUT2D eigenvalue weighted by atomic mass is 35.5. The Hall–Kier alpha value is -2.77. The molecule has 4 aromatic rings. The zero-order valence-electron chi connectivity index (χ0n) is 17.2. The van der Waals surface area contributed by atoms with Gasteiger partial charge in [0.2, 0.25) is 5.91 Å². The average Bonchev–Trinajstić information content (AvgIpc) is 3.46. The summed E-state index contributed by atoms with van der Waals surface area (Å²) in [6.07, 6.45) is 9.02. The van der Waals surface area contributed by atoms with Gasteiger partial charge in [-0.1, -0.05) is 29.8 Å². The van der Waals surface area contributed by atoms with Crippen molar-refractivity contribution in [1.82, 2.24) is 24.5 Å². The van der Waals surface area contributed by atoms with Crippen LogP contribution in [0.4, 0.5) is 0 Å². The minimum Gasteiger partial charge on any atom is -0.346 e. The smallest absolute Gasteiger partial charge is 0.223 e. The van der Waals surface area contributed by atoms with Crippen LogP contribution in [-0.2, 0) is 4.79 Å². The molecule has 2 atom stereocenters. The molecule has 3 aromatic heterocycles. The highest BCUT2D eigenvalue weighted by Gasteiger charge is 2.23. The molecule has 0 aliphatic carbocycles. The van der Waals surface area contributed by atoms with E-state index >= 15 is 0 Å². The van der Waals surface area contributed by atoms with Crippen molar-refractivity contribution in [2.45, 2.75) is 24.9 Å². The molecule has 160 valence electrons. The van der Waals surface area contributed by atoms with E-state index in [0.29, 0.717) is 11.4 Å². The Kier molecular flexibility index (Phi) is 6.94. The monoisotopic (exact) mass is 453 g/mol. The van der Waals surface area contributed by atoms with E-state index in [2.05, 4.69) is 21.8 Å². The minimum atomic E-state index is -0.215. The number of hydrogen-bond donors (Lipinski definition) is 1. The predicted molar refractivity (Wildman–Crippen MR) is 126 cm³/mol. The molecule has 0 bridgehead atoms. The molecule has 8 heteroatoms. The number of hydrogen-bond acceptors (Lipinski definition) is 4. The number of amides is 1. The van der Waals surface area contributed by atoms with E-state index in [1.54, 1.807) is 11.8 Å². The van der Waals surface area contributed by atoms with Crippen molar-refractivity contribution in [2.75, 3.05) is 12.0 Å². The van der Waals surface area contributed by atoms with E-state index in [1.165, 1.54) is 0 Å². The van der Waals surface area contributed by atoms with Crippen molar-refractivity contribution in [3.05, 3.63) is 89.6 Å². The third kappa shape index (κ3) is 5.11. The maximum absolute atomic E-state index is 13.2. The molecular formula is C23H24ClN5OS. The molecule has 6 nitrogen and oxygen atoms in total. The lowest BCUT2D eigenvalue weighted by Gasteiger charge is -2.22. The van der Waals surface area contributed by atoms with Gasteiger partial charge in [0, 0.05) is 23.6 Å². The van der Waals surface area contributed by atoms with Crippen molar-refractivity contribution < 1.29 is 4.79 Å². The molecule has 1 unspecified atom stereocenters. The molecule has 0 aliphatic heterocycles. The number of benzene rings is 1. The molecule has 0 saturated heterocycles. The quantitative estimate of drug-likeness (QED) is 0.396.